The predicted molar refractivity (Wildman–Crippen MR) is 103 cm³/mol. The molecule has 3 aliphatic rings. The third-order valence-electron chi connectivity index (χ3n) is 5.15. The van der Waals surface area contributed by atoms with Crippen LogP contribution in [0.15, 0.2) is 17.9 Å². The van der Waals surface area contributed by atoms with Gasteiger partial charge in [-0.05, 0) is 38.5 Å². The normalized spacial score (nSPS) is 22.5. The van der Waals surface area contributed by atoms with Crippen molar-refractivity contribution >= 4 is 23.5 Å². The van der Waals surface area contributed by atoms with E-state index in [0.717, 1.165) is 0 Å². The number of nitrogens with zero attached hydrogens (tertiary/aromatic N) is 3. The lowest BCUT2D eigenvalue weighted by Gasteiger charge is -2.25. The summed E-state index contributed by atoms with van der Waals surface area (Å²) in [7, 11) is 0. The third kappa shape index (κ3) is 3.47. The lowest BCUT2D eigenvalue weighted by Crippen LogP contribution is -2.26. The van der Waals surface area contributed by atoms with Crippen LogP contribution in [-0.4, -0.2) is 49.1 Å². The van der Waals surface area contributed by atoms with E-state index in [1.165, 1.54) is 0 Å². The summed E-state index contributed by atoms with van der Waals surface area (Å²) in [6.07, 6.45) is -1.54. The number of hydrogen-bond acceptors (Lipinski definition) is 9. The van der Waals surface area contributed by atoms with Crippen LogP contribution in [0.5, 0.6) is 5.75 Å². The number of anilines is 1. The van der Waals surface area contributed by atoms with Crippen molar-refractivity contribution in [2.75, 3.05) is 24.6 Å². The highest BCUT2D eigenvalue weighted by Gasteiger charge is 2.46. The van der Waals surface area contributed by atoms with Gasteiger partial charge in [0.1, 0.15) is 17.9 Å². The zero-order valence-electron chi connectivity index (χ0n) is 16.9. The van der Waals surface area contributed by atoms with E-state index in [1.54, 1.807) is 32.9 Å². The van der Waals surface area contributed by atoms with Gasteiger partial charge in [-0.1, -0.05) is 0 Å². The van der Waals surface area contributed by atoms with E-state index in [0.29, 0.717) is 35.7 Å². The Hall–Kier alpha value is -3.48. The Labute approximate surface area is 172 Å². The minimum atomic E-state index is -0.693. The van der Waals surface area contributed by atoms with Crippen molar-refractivity contribution in [3.63, 3.8) is 0 Å². The van der Waals surface area contributed by atoms with Gasteiger partial charge in [0.05, 0.1) is 24.2 Å². The summed E-state index contributed by atoms with van der Waals surface area (Å²) in [4.78, 5) is 28.6. The molecular weight excluding hydrogens is 394 g/mol. The molecule has 0 amide bonds. The maximum Gasteiger partial charge on any atom is 0.509 e. The molecule has 0 radical (unpaired) electrons. The number of aliphatic hydroxyl groups excluding tert-OH is 1. The quantitative estimate of drug-likeness (QED) is 0.585. The van der Waals surface area contributed by atoms with Gasteiger partial charge in [-0.3, -0.25) is 4.79 Å². The largest absolute Gasteiger partial charge is 0.509 e. The maximum atomic E-state index is 12.2. The number of hydrogen-bond donors (Lipinski definition) is 1. The van der Waals surface area contributed by atoms with Gasteiger partial charge < -0.3 is 29.0 Å². The molecule has 2 saturated heterocycles. The number of esters is 1. The Bertz CT molecular complexity index is 973. The fourth-order valence-corrected chi connectivity index (χ4v) is 3.61. The van der Waals surface area contributed by atoms with Crippen molar-refractivity contribution in [3.05, 3.63) is 34.0 Å². The fourth-order valence-electron chi connectivity index (χ4n) is 3.61. The van der Waals surface area contributed by atoms with Crippen LogP contribution in [0.25, 0.3) is 10.7 Å². The third-order valence-corrected chi connectivity index (χ3v) is 5.15. The second kappa shape index (κ2) is 7.09. The molecule has 2 fully saturated rings. The lowest BCUT2D eigenvalue weighted by molar-refractivity contribution is -0.154. The molecule has 158 valence electrons. The molecule has 2 atom stereocenters. The average molecular weight is 416 g/mol. The van der Waals surface area contributed by atoms with Crippen molar-refractivity contribution in [3.8, 4) is 5.75 Å². The van der Waals surface area contributed by atoms with Crippen LogP contribution in [0, 0.1) is 10.8 Å². The summed E-state index contributed by atoms with van der Waals surface area (Å²) in [5.74, 6) is -0.169. The minimum absolute atomic E-state index is 0.000501. The molecule has 0 spiro atoms. The average Bonchev–Trinajstić information content (AvgIpc) is 3.22. The smallest absolute Gasteiger partial charge is 0.502 e. The molecule has 10 heteroatoms. The number of carbonyl (C=O) groups is 2. The zero-order chi connectivity index (χ0) is 21.6. The first kappa shape index (κ1) is 19.8. The van der Waals surface area contributed by atoms with Crippen LogP contribution >= 0.6 is 0 Å². The Balaban J connectivity index is 1.69. The highest BCUT2D eigenvalue weighted by molar-refractivity contribution is 5.87. The van der Waals surface area contributed by atoms with Gasteiger partial charge in [-0.25, -0.2) is 4.79 Å². The van der Waals surface area contributed by atoms with Crippen molar-refractivity contribution in [1.29, 1.82) is 5.39 Å². The summed E-state index contributed by atoms with van der Waals surface area (Å²) >= 11 is 0. The van der Waals surface area contributed by atoms with Gasteiger partial charge >= 0.3 is 17.8 Å². The van der Waals surface area contributed by atoms with Gasteiger partial charge in [-0.2, -0.15) is 0 Å². The molecule has 0 saturated carbocycles. The number of carbonyl (C=O) groups excluding carboxylic acids is 2. The van der Waals surface area contributed by atoms with Crippen LogP contribution in [0.2, 0.25) is 0 Å². The second-order valence-corrected chi connectivity index (χ2v) is 8.47. The molecule has 30 heavy (non-hydrogen) atoms. The number of fused-ring (bicyclic) bond motifs is 2. The molecule has 3 aliphatic heterocycles. The summed E-state index contributed by atoms with van der Waals surface area (Å²) in [6, 6.07) is 3.45. The van der Waals surface area contributed by atoms with Gasteiger partial charge in [0.25, 0.3) is 0 Å². The number of diazo groups is 1. The lowest BCUT2D eigenvalue weighted by atomic mass is 9.97. The monoisotopic (exact) mass is 416 g/mol. The number of rotatable bonds is 3. The highest BCUT2D eigenvalue weighted by Crippen LogP contribution is 2.43. The standard InChI is InChI=1S/C20H21N3O7/c1-20(2,3)18(25)28-8-10-4-11(23-6-14-15(7-23)30-19(26)29-14)16-13(5-10)27-9-12(24)17(16)22-21/h4-5,14-15H,6-9H2,1-3H3/p+1/t14-,15+. The van der Waals surface area contributed by atoms with Gasteiger partial charge in [0, 0.05) is 0 Å². The number of benzene rings is 1. The summed E-state index contributed by atoms with van der Waals surface area (Å²) in [5.41, 5.74) is 1.01. The van der Waals surface area contributed by atoms with Crippen molar-refractivity contribution in [1.82, 2.24) is 0 Å². The summed E-state index contributed by atoms with van der Waals surface area (Å²) in [6.45, 7) is 5.88. The van der Waals surface area contributed by atoms with E-state index in [4.69, 9.17) is 18.9 Å². The first-order chi connectivity index (χ1) is 14.2. The van der Waals surface area contributed by atoms with Crippen molar-refractivity contribution < 1.29 is 33.6 Å². The molecule has 10 nitrogen and oxygen atoms in total. The minimum Gasteiger partial charge on any atom is -0.502 e. The van der Waals surface area contributed by atoms with E-state index in [1.807, 2.05) is 4.90 Å². The predicted octanol–water partition coefficient (Wildman–Crippen LogP) is 2.97. The SMILES string of the molecule is CC(C)(C)C(=O)OCc1cc2c(c(N3C[C@@H]4OC(=O)O[C@@H]4C3)c1)C([N+]#N)=C(O)CO2. The zero-order valence-corrected chi connectivity index (χ0v) is 16.9. The van der Waals surface area contributed by atoms with Gasteiger partial charge in [0.15, 0.2) is 23.8 Å². The molecular formula is C20H22N3O7+. The summed E-state index contributed by atoms with van der Waals surface area (Å²) < 4.78 is 21.4. The van der Waals surface area contributed by atoms with Crippen LogP contribution in [0.3, 0.4) is 0 Å². The van der Waals surface area contributed by atoms with E-state index >= 15 is 0 Å². The van der Waals surface area contributed by atoms with Crippen LogP contribution in [0.4, 0.5) is 10.5 Å². The maximum absolute atomic E-state index is 12.2. The molecule has 3 heterocycles. The highest BCUT2D eigenvalue weighted by atomic mass is 16.8. The Morgan fingerprint density at radius 2 is 1.97 bits per heavy atom. The Kier molecular flexibility index (Phi) is 4.68. The van der Waals surface area contributed by atoms with Gasteiger partial charge in [0.2, 0.25) is 11.2 Å². The molecule has 1 aromatic rings. The van der Waals surface area contributed by atoms with E-state index < -0.39 is 23.8 Å². The molecule has 1 aromatic carbocycles. The van der Waals surface area contributed by atoms with E-state index in [2.05, 4.69) is 4.98 Å². The number of aliphatic hydroxyl groups is 1. The molecule has 0 aliphatic carbocycles. The summed E-state index contributed by atoms with van der Waals surface area (Å²) in [5, 5.41) is 19.6. The fraction of sp³-hybridized carbons (Fsp3) is 0.500. The van der Waals surface area contributed by atoms with Gasteiger partial charge in [-0.15, -0.1) is 0 Å². The number of ether oxygens (including phenoxy) is 4. The topological polar surface area (TPSA) is 123 Å². The Morgan fingerprint density at radius 3 is 2.57 bits per heavy atom. The van der Waals surface area contributed by atoms with Crippen LogP contribution in [0.1, 0.15) is 31.9 Å². The molecule has 0 aromatic heterocycles. The molecule has 1 N–H and O–H groups in total. The van der Waals surface area contributed by atoms with E-state index in [9.17, 15) is 20.1 Å². The molecule has 0 bridgehead atoms. The van der Waals surface area contributed by atoms with Crippen LogP contribution < -0.4 is 9.64 Å². The molecule has 0 unspecified atom stereocenters. The second-order valence-electron chi connectivity index (χ2n) is 8.47. The first-order valence-corrected chi connectivity index (χ1v) is 9.54. The van der Waals surface area contributed by atoms with Crippen molar-refractivity contribution in [2.24, 2.45) is 5.41 Å². The van der Waals surface area contributed by atoms with Crippen LogP contribution in [-0.2, 0) is 25.6 Å². The Morgan fingerprint density at radius 1 is 1.30 bits per heavy atom. The first-order valence-electron chi connectivity index (χ1n) is 9.54. The van der Waals surface area contributed by atoms with E-state index in [-0.39, 0.29) is 30.6 Å². The van der Waals surface area contributed by atoms with Crippen molar-refractivity contribution in [2.45, 2.75) is 39.6 Å². The molecule has 4 rings (SSSR count).